The van der Waals surface area contributed by atoms with Gasteiger partial charge in [0.15, 0.2) is 11.4 Å². The van der Waals surface area contributed by atoms with Crippen LogP contribution in [0, 0.1) is 15.9 Å². The highest BCUT2D eigenvalue weighted by Gasteiger charge is 2.22. The van der Waals surface area contributed by atoms with Crippen LogP contribution in [0.1, 0.15) is 0 Å². The summed E-state index contributed by atoms with van der Waals surface area (Å²) in [4.78, 5) is 12.9. The molecule has 1 aromatic heterocycles. The molecule has 13 heteroatoms. The number of hydrogen-bond donors (Lipinski definition) is 3. The van der Waals surface area contributed by atoms with Crippen LogP contribution >= 0.6 is 11.6 Å². The predicted molar refractivity (Wildman–Crippen MR) is 119 cm³/mol. The van der Waals surface area contributed by atoms with Crippen molar-refractivity contribution >= 4 is 55.3 Å². The second-order valence-corrected chi connectivity index (χ2v) is 8.85. The lowest BCUT2D eigenvalue weighted by Crippen LogP contribution is -2.13. The van der Waals surface area contributed by atoms with Gasteiger partial charge in [0.05, 0.1) is 15.3 Å². The third-order valence-corrected chi connectivity index (χ3v) is 6.15. The number of rotatable bonds is 6. The van der Waals surface area contributed by atoms with Gasteiger partial charge < -0.3 is 10.1 Å². The van der Waals surface area contributed by atoms with Crippen molar-refractivity contribution in [3.63, 3.8) is 0 Å². The van der Waals surface area contributed by atoms with Gasteiger partial charge in [-0.05, 0) is 54.6 Å². The van der Waals surface area contributed by atoms with E-state index in [1.807, 2.05) is 0 Å². The Morgan fingerprint density at radius 3 is 2.48 bits per heavy atom. The van der Waals surface area contributed by atoms with E-state index in [1.54, 1.807) is 0 Å². The number of sulfonamides is 1. The molecule has 0 aliphatic heterocycles. The third kappa shape index (κ3) is 4.61. The molecule has 0 aliphatic rings. The van der Waals surface area contributed by atoms with Gasteiger partial charge in [0.25, 0.3) is 15.7 Å². The van der Waals surface area contributed by atoms with Crippen molar-refractivity contribution in [2.75, 3.05) is 4.72 Å². The number of aromatic hydroxyl groups is 1. The fourth-order valence-corrected chi connectivity index (χ4v) is 4.18. The highest BCUT2D eigenvalue weighted by Crippen LogP contribution is 2.38. The summed E-state index contributed by atoms with van der Waals surface area (Å²) in [5.74, 6) is -0.986. The van der Waals surface area contributed by atoms with Gasteiger partial charge in [0.2, 0.25) is 5.88 Å². The number of nitro groups is 1. The Labute approximate surface area is 190 Å². The van der Waals surface area contributed by atoms with Gasteiger partial charge in [-0.15, -0.1) is 10.2 Å². The van der Waals surface area contributed by atoms with E-state index in [0.29, 0.717) is 10.5 Å². The molecule has 0 aliphatic carbocycles. The summed E-state index contributed by atoms with van der Waals surface area (Å²) in [5.41, 5.74) is -0.432. The Bertz CT molecular complexity index is 1520. The van der Waals surface area contributed by atoms with Crippen LogP contribution in [0.25, 0.3) is 10.9 Å². The maximum Gasteiger partial charge on any atom is 0.298 e. The van der Waals surface area contributed by atoms with E-state index in [1.165, 1.54) is 36.4 Å². The van der Waals surface area contributed by atoms with Crippen LogP contribution in [0.2, 0.25) is 5.02 Å². The first-order valence-electron chi connectivity index (χ1n) is 9.13. The minimum absolute atomic E-state index is 0.125. The number of azo groups is 1. The average Bonchev–Trinajstić information content (AvgIpc) is 3.07. The molecular weight excluding hydrogens is 477 g/mol. The summed E-state index contributed by atoms with van der Waals surface area (Å²) in [6, 6.07) is 12.6. The van der Waals surface area contributed by atoms with E-state index >= 15 is 0 Å². The maximum atomic E-state index is 13.6. The van der Waals surface area contributed by atoms with Crippen LogP contribution < -0.4 is 4.72 Å². The Morgan fingerprint density at radius 1 is 1.06 bits per heavy atom. The molecule has 0 bridgehead atoms. The molecule has 0 unspecified atom stereocenters. The second-order valence-electron chi connectivity index (χ2n) is 6.73. The average molecular weight is 490 g/mol. The highest BCUT2D eigenvalue weighted by molar-refractivity contribution is 7.92. The number of H-pyrrole nitrogens is 1. The van der Waals surface area contributed by atoms with Crippen molar-refractivity contribution in [2.45, 2.75) is 4.90 Å². The minimum atomic E-state index is -4.15. The van der Waals surface area contributed by atoms with Gasteiger partial charge in [0, 0.05) is 22.2 Å². The molecular formula is C20H13ClFN5O5S. The molecule has 4 aromatic rings. The summed E-state index contributed by atoms with van der Waals surface area (Å²) in [5, 5.41) is 29.8. The van der Waals surface area contributed by atoms with Crippen molar-refractivity contribution in [3.8, 4) is 5.88 Å². The van der Waals surface area contributed by atoms with Gasteiger partial charge in [0.1, 0.15) is 5.82 Å². The highest BCUT2D eigenvalue weighted by atomic mass is 35.5. The number of aromatic amines is 1. The van der Waals surface area contributed by atoms with Crippen LogP contribution in [0.5, 0.6) is 5.88 Å². The zero-order valence-corrected chi connectivity index (χ0v) is 17.9. The van der Waals surface area contributed by atoms with Gasteiger partial charge in [-0.3, -0.25) is 14.8 Å². The monoisotopic (exact) mass is 489 g/mol. The van der Waals surface area contributed by atoms with E-state index in [0.717, 1.165) is 24.3 Å². The van der Waals surface area contributed by atoms with E-state index < -0.39 is 32.3 Å². The molecule has 0 amide bonds. The van der Waals surface area contributed by atoms with Gasteiger partial charge in [-0.2, -0.15) is 0 Å². The smallest absolute Gasteiger partial charge is 0.298 e. The van der Waals surface area contributed by atoms with Crippen LogP contribution in [-0.2, 0) is 10.0 Å². The molecule has 3 aromatic carbocycles. The Kier molecular flexibility index (Phi) is 5.70. The quantitative estimate of drug-likeness (QED) is 0.178. The molecule has 0 saturated heterocycles. The van der Waals surface area contributed by atoms with Crippen molar-refractivity contribution < 1.29 is 22.8 Å². The minimum Gasteiger partial charge on any atom is -0.493 e. The van der Waals surface area contributed by atoms with Crippen LogP contribution in [0.15, 0.2) is 75.8 Å². The Morgan fingerprint density at radius 2 is 1.79 bits per heavy atom. The molecule has 4 rings (SSSR count). The van der Waals surface area contributed by atoms with E-state index in [-0.39, 0.29) is 27.3 Å². The number of hydrogen-bond acceptors (Lipinski definition) is 7. The lowest BCUT2D eigenvalue weighted by Gasteiger charge is -2.08. The topological polar surface area (TPSA) is 150 Å². The molecule has 0 saturated carbocycles. The number of nitrogens with one attached hydrogen (secondary N) is 2. The van der Waals surface area contributed by atoms with Crippen molar-refractivity contribution in [1.29, 1.82) is 0 Å². The summed E-state index contributed by atoms with van der Waals surface area (Å²) in [6.07, 6.45) is 0. The molecule has 10 nitrogen and oxygen atoms in total. The molecule has 0 spiro atoms. The van der Waals surface area contributed by atoms with E-state index in [2.05, 4.69) is 19.9 Å². The molecule has 168 valence electrons. The van der Waals surface area contributed by atoms with Crippen molar-refractivity contribution in [1.82, 2.24) is 4.98 Å². The van der Waals surface area contributed by atoms with Crippen LogP contribution in [-0.4, -0.2) is 23.4 Å². The zero-order valence-electron chi connectivity index (χ0n) is 16.4. The third-order valence-electron chi connectivity index (χ3n) is 4.52. The molecule has 1 heterocycles. The summed E-state index contributed by atoms with van der Waals surface area (Å²) < 4.78 is 41.2. The second kappa shape index (κ2) is 8.48. The number of nitrogens with zero attached hydrogens (tertiary/aromatic N) is 3. The van der Waals surface area contributed by atoms with Gasteiger partial charge in [-0.25, -0.2) is 12.8 Å². The fourth-order valence-electron chi connectivity index (χ4n) is 2.97. The van der Waals surface area contributed by atoms with E-state index in [4.69, 9.17) is 11.6 Å². The van der Waals surface area contributed by atoms with Crippen LogP contribution in [0.3, 0.4) is 0 Å². The van der Waals surface area contributed by atoms with Gasteiger partial charge >= 0.3 is 0 Å². The Hall–Kier alpha value is -4.03. The van der Waals surface area contributed by atoms with Crippen molar-refractivity contribution in [2.24, 2.45) is 10.2 Å². The predicted octanol–water partition coefficient (Wildman–Crippen LogP) is 5.79. The number of aromatic nitrogens is 1. The SMILES string of the molecule is O=[N+]([O-])c1cc(S(=O)(=O)Nc2ccc(Cl)cc2)ccc1N=Nc1c(O)[nH]c2ccc(F)cc12. The van der Waals surface area contributed by atoms with E-state index in [9.17, 15) is 28.0 Å². The summed E-state index contributed by atoms with van der Waals surface area (Å²) >= 11 is 5.78. The molecule has 0 fully saturated rings. The lowest BCUT2D eigenvalue weighted by atomic mass is 10.2. The van der Waals surface area contributed by atoms with Crippen LogP contribution in [0.4, 0.5) is 27.1 Å². The summed E-state index contributed by atoms with van der Waals surface area (Å²) in [6.45, 7) is 0. The number of nitro benzene ring substituents is 1. The first kappa shape index (κ1) is 22.2. The zero-order chi connectivity index (χ0) is 23.8. The Balaban J connectivity index is 1.70. The molecule has 0 atom stereocenters. The normalized spacial score (nSPS) is 11.8. The molecule has 33 heavy (non-hydrogen) atoms. The summed E-state index contributed by atoms with van der Waals surface area (Å²) in [7, 11) is -4.15. The standard InChI is InChI=1S/C20H13ClFN5O5S/c21-11-1-4-13(5-2-11)26-33(31,32)14-6-8-17(18(10-14)27(29)30)24-25-19-15-9-12(22)3-7-16(15)23-20(19)28/h1-10,23,26,28H. The maximum absolute atomic E-state index is 13.6. The number of fused-ring (bicyclic) bond motifs is 1. The largest absolute Gasteiger partial charge is 0.493 e. The number of halogens is 2. The lowest BCUT2D eigenvalue weighted by molar-refractivity contribution is -0.384. The fraction of sp³-hybridized carbons (Fsp3) is 0. The molecule has 0 radical (unpaired) electrons. The number of benzene rings is 3. The van der Waals surface area contributed by atoms with Gasteiger partial charge in [-0.1, -0.05) is 11.6 Å². The number of anilines is 1. The first-order valence-corrected chi connectivity index (χ1v) is 11.0. The first-order chi connectivity index (χ1) is 15.6. The molecule has 3 N–H and O–H groups in total. The van der Waals surface area contributed by atoms with Crippen molar-refractivity contribution in [3.05, 3.63) is 81.6 Å².